The standard InChI is InChI=1S/C22H11F7N4O4/c23-20(24,25)16-9-14(35-15-5-6-31-12(7-15)10-30)2-3-17(16)32-33(11-34)13-1-4-18-19(8-13)37-22(28,29)21(26,27)36-18/h1-9,11,32H. The minimum absolute atomic E-state index is 0.0170. The molecule has 1 amide bonds. The third-order valence-electron chi connectivity index (χ3n) is 4.74. The molecule has 0 spiro atoms. The Balaban J connectivity index is 1.63. The molecular weight excluding hydrogens is 517 g/mol. The number of nitrogens with zero attached hydrogens (tertiary/aromatic N) is 3. The van der Waals surface area contributed by atoms with Crippen molar-refractivity contribution in [3.05, 3.63) is 66.0 Å². The van der Waals surface area contributed by atoms with Crippen molar-refractivity contribution in [1.82, 2.24) is 4.98 Å². The molecule has 0 atom stereocenters. The number of carbonyl (C=O) groups is 1. The van der Waals surface area contributed by atoms with Crippen molar-refractivity contribution in [1.29, 1.82) is 5.26 Å². The number of nitriles is 1. The summed E-state index contributed by atoms with van der Waals surface area (Å²) < 4.78 is 108. The van der Waals surface area contributed by atoms with Crippen LogP contribution in [0.1, 0.15) is 11.3 Å². The zero-order valence-electron chi connectivity index (χ0n) is 17.9. The highest BCUT2D eigenvalue weighted by molar-refractivity contribution is 5.80. The highest BCUT2D eigenvalue weighted by atomic mass is 19.4. The third kappa shape index (κ3) is 5.13. The molecule has 0 fully saturated rings. The Bertz CT molecular complexity index is 1390. The molecule has 8 nitrogen and oxygen atoms in total. The summed E-state index contributed by atoms with van der Waals surface area (Å²) in [7, 11) is 0. The van der Waals surface area contributed by atoms with Crippen LogP contribution in [-0.2, 0) is 11.0 Å². The maximum atomic E-state index is 13.8. The predicted molar refractivity (Wildman–Crippen MR) is 110 cm³/mol. The van der Waals surface area contributed by atoms with E-state index in [1.807, 2.05) is 0 Å². The number of aromatic nitrogens is 1. The predicted octanol–water partition coefficient (Wildman–Crippen LogP) is 5.71. The number of anilines is 2. The molecule has 4 rings (SSSR count). The molecule has 0 unspecified atom stereocenters. The van der Waals surface area contributed by atoms with Gasteiger partial charge in [-0.05, 0) is 36.4 Å². The van der Waals surface area contributed by atoms with E-state index in [-0.39, 0.29) is 29.3 Å². The Hall–Kier alpha value is -4.74. The van der Waals surface area contributed by atoms with Crippen molar-refractivity contribution in [2.45, 2.75) is 18.4 Å². The van der Waals surface area contributed by atoms with E-state index in [0.29, 0.717) is 17.1 Å². The van der Waals surface area contributed by atoms with E-state index in [1.165, 1.54) is 18.3 Å². The lowest BCUT2D eigenvalue weighted by atomic mass is 10.1. The summed E-state index contributed by atoms with van der Waals surface area (Å²) in [5, 5.41) is 9.36. The van der Waals surface area contributed by atoms with E-state index >= 15 is 0 Å². The van der Waals surface area contributed by atoms with Gasteiger partial charge in [-0.3, -0.25) is 10.2 Å². The first-order chi connectivity index (χ1) is 17.3. The van der Waals surface area contributed by atoms with Crippen LogP contribution in [0.2, 0.25) is 0 Å². The number of hydrazine groups is 1. The van der Waals surface area contributed by atoms with Gasteiger partial charge >= 0.3 is 18.4 Å². The monoisotopic (exact) mass is 528 g/mol. The van der Waals surface area contributed by atoms with E-state index in [1.54, 1.807) is 6.07 Å². The van der Waals surface area contributed by atoms with Crippen LogP contribution in [0.25, 0.3) is 0 Å². The van der Waals surface area contributed by atoms with Crippen LogP contribution in [0.5, 0.6) is 23.0 Å². The van der Waals surface area contributed by atoms with Crippen LogP contribution in [0, 0.1) is 11.3 Å². The number of alkyl halides is 7. The summed E-state index contributed by atoms with van der Waals surface area (Å²) in [5.74, 6) is -1.89. The Labute approximate surface area is 202 Å². The number of benzene rings is 2. The molecule has 1 N–H and O–H groups in total. The zero-order chi connectivity index (χ0) is 27.0. The van der Waals surface area contributed by atoms with Crippen molar-refractivity contribution >= 4 is 17.8 Å². The molecule has 3 aromatic rings. The number of nitrogens with one attached hydrogen (secondary N) is 1. The number of hydrogen-bond donors (Lipinski definition) is 1. The summed E-state index contributed by atoms with van der Waals surface area (Å²) in [6.07, 6.45) is -13.7. The van der Waals surface area contributed by atoms with Crippen LogP contribution < -0.4 is 24.6 Å². The molecule has 192 valence electrons. The minimum atomic E-state index is -5.04. The van der Waals surface area contributed by atoms with Crippen LogP contribution in [-0.4, -0.2) is 23.6 Å². The maximum absolute atomic E-state index is 13.8. The van der Waals surface area contributed by atoms with Crippen molar-refractivity contribution in [3.8, 4) is 29.1 Å². The van der Waals surface area contributed by atoms with Gasteiger partial charge in [-0.1, -0.05) is 0 Å². The average molecular weight is 528 g/mol. The lowest BCUT2D eigenvalue weighted by Crippen LogP contribution is -2.52. The van der Waals surface area contributed by atoms with Gasteiger partial charge in [0.1, 0.15) is 23.3 Å². The molecule has 1 aliphatic rings. The molecular formula is C22H11F7N4O4. The Morgan fingerprint density at radius 3 is 2.30 bits per heavy atom. The largest absolute Gasteiger partial charge is 0.507 e. The second-order valence-electron chi connectivity index (χ2n) is 7.25. The quantitative estimate of drug-likeness (QED) is 0.249. The normalized spacial score (nSPS) is 15.3. The van der Waals surface area contributed by atoms with Crippen LogP contribution in [0.3, 0.4) is 0 Å². The third-order valence-corrected chi connectivity index (χ3v) is 4.74. The molecule has 0 saturated heterocycles. The fourth-order valence-electron chi connectivity index (χ4n) is 3.08. The first kappa shape index (κ1) is 25.4. The van der Waals surface area contributed by atoms with E-state index in [2.05, 4.69) is 19.9 Å². The van der Waals surface area contributed by atoms with Crippen LogP contribution >= 0.6 is 0 Å². The summed E-state index contributed by atoms with van der Waals surface area (Å²) >= 11 is 0. The van der Waals surface area contributed by atoms with Gasteiger partial charge in [0.25, 0.3) is 0 Å². The van der Waals surface area contributed by atoms with E-state index in [0.717, 1.165) is 24.3 Å². The Morgan fingerprint density at radius 1 is 0.973 bits per heavy atom. The van der Waals surface area contributed by atoms with Crippen LogP contribution in [0.4, 0.5) is 42.1 Å². The first-order valence-electron chi connectivity index (χ1n) is 9.87. The van der Waals surface area contributed by atoms with Gasteiger partial charge in [-0.2, -0.15) is 36.0 Å². The lowest BCUT2D eigenvalue weighted by Gasteiger charge is -2.32. The average Bonchev–Trinajstić information content (AvgIpc) is 2.83. The molecule has 0 radical (unpaired) electrons. The van der Waals surface area contributed by atoms with Crippen molar-refractivity contribution < 1.29 is 49.7 Å². The summed E-state index contributed by atoms with van der Waals surface area (Å²) in [6.45, 7) is 0. The maximum Gasteiger partial charge on any atom is 0.507 e. The van der Waals surface area contributed by atoms with Gasteiger partial charge in [-0.15, -0.1) is 0 Å². The van der Waals surface area contributed by atoms with Gasteiger partial charge in [0.15, 0.2) is 11.5 Å². The van der Waals surface area contributed by atoms with Gasteiger partial charge in [0, 0.05) is 18.3 Å². The van der Waals surface area contributed by atoms with Crippen molar-refractivity contribution in [2.24, 2.45) is 0 Å². The Kier molecular flexibility index (Phi) is 6.20. The Morgan fingerprint density at radius 2 is 1.65 bits per heavy atom. The fraction of sp³-hybridized carbons (Fsp3) is 0.136. The number of fused-ring (bicyclic) bond motifs is 1. The van der Waals surface area contributed by atoms with Gasteiger partial charge < -0.3 is 14.2 Å². The van der Waals surface area contributed by atoms with Gasteiger partial charge in [0.2, 0.25) is 6.41 Å². The van der Waals surface area contributed by atoms with Gasteiger partial charge in [0.05, 0.1) is 16.9 Å². The minimum Gasteiger partial charge on any atom is -0.457 e. The highest BCUT2D eigenvalue weighted by Crippen LogP contribution is 2.48. The molecule has 0 aliphatic carbocycles. The number of rotatable bonds is 6. The molecule has 2 heterocycles. The zero-order valence-corrected chi connectivity index (χ0v) is 17.9. The molecule has 15 heteroatoms. The van der Waals surface area contributed by atoms with Crippen molar-refractivity contribution in [2.75, 3.05) is 10.4 Å². The summed E-state index contributed by atoms with van der Waals surface area (Å²) in [6, 6.07) is 9.36. The number of carbonyl (C=O) groups excluding carboxylic acids is 1. The summed E-state index contributed by atoms with van der Waals surface area (Å²) in [5.41, 5.74) is -0.125. The highest BCUT2D eigenvalue weighted by Gasteiger charge is 2.66. The molecule has 2 aromatic carbocycles. The van der Waals surface area contributed by atoms with E-state index < -0.39 is 41.1 Å². The molecule has 0 bridgehead atoms. The topological polar surface area (TPSA) is 96.7 Å². The lowest BCUT2D eigenvalue weighted by molar-refractivity contribution is -0.391. The molecule has 1 aliphatic heterocycles. The van der Waals surface area contributed by atoms with E-state index in [4.69, 9.17) is 10.00 Å². The number of amides is 1. The number of hydrogen-bond acceptors (Lipinski definition) is 7. The second kappa shape index (κ2) is 9.04. The number of halogens is 7. The number of ether oxygens (including phenoxy) is 3. The summed E-state index contributed by atoms with van der Waals surface area (Å²) in [4.78, 5) is 15.3. The first-order valence-corrected chi connectivity index (χ1v) is 9.87. The fourth-order valence-corrected chi connectivity index (χ4v) is 3.08. The molecule has 0 saturated carbocycles. The van der Waals surface area contributed by atoms with Crippen molar-refractivity contribution in [3.63, 3.8) is 0 Å². The van der Waals surface area contributed by atoms with E-state index in [9.17, 15) is 35.5 Å². The second-order valence-corrected chi connectivity index (χ2v) is 7.25. The molecule has 37 heavy (non-hydrogen) atoms. The van der Waals surface area contributed by atoms with Gasteiger partial charge in [-0.25, -0.2) is 9.99 Å². The smallest absolute Gasteiger partial charge is 0.457 e. The SMILES string of the molecule is N#Cc1cc(Oc2ccc(NN(C=O)c3ccc4c(c3)OC(F)(F)C(F)(F)O4)c(C(F)(F)F)c2)ccn1. The van der Waals surface area contributed by atoms with Crippen LogP contribution in [0.15, 0.2) is 54.7 Å². The number of pyridine rings is 1. The molecule has 1 aromatic heterocycles.